The highest BCUT2D eigenvalue weighted by Gasteiger charge is 2.21. The molecule has 0 amide bonds. The number of para-hydroxylation sites is 1. The van der Waals surface area contributed by atoms with Gasteiger partial charge >= 0.3 is 0 Å². The first-order chi connectivity index (χ1) is 10.1. The monoisotopic (exact) mass is 353 g/mol. The molecule has 1 aromatic rings. The van der Waals surface area contributed by atoms with E-state index in [0.717, 1.165) is 29.2 Å². The van der Waals surface area contributed by atoms with Crippen LogP contribution in [0.5, 0.6) is 5.75 Å². The van der Waals surface area contributed by atoms with E-state index in [-0.39, 0.29) is 0 Å². The predicted octanol–water partition coefficient (Wildman–Crippen LogP) is 5.15. The van der Waals surface area contributed by atoms with E-state index in [1.54, 1.807) is 0 Å². The van der Waals surface area contributed by atoms with Gasteiger partial charge in [-0.2, -0.15) is 0 Å². The van der Waals surface area contributed by atoms with Gasteiger partial charge in [-0.25, -0.2) is 0 Å². The zero-order valence-electron chi connectivity index (χ0n) is 13.5. The summed E-state index contributed by atoms with van der Waals surface area (Å²) in [5.41, 5.74) is 1.25. The van der Waals surface area contributed by atoms with Gasteiger partial charge < -0.3 is 10.1 Å². The average Bonchev–Trinajstić information content (AvgIpc) is 2.44. The lowest BCUT2D eigenvalue weighted by atomic mass is 9.89. The summed E-state index contributed by atoms with van der Waals surface area (Å²) < 4.78 is 7.41. The first kappa shape index (κ1) is 16.8. The van der Waals surface area contributed by atoms with Crippen molar-refractivity contribution in [1.82, 2.24) is 5.32 Å². The van der Waals surface area contributed by atoms with Gasteiger partial charge in [0.05, 0.1) is 10.6 Å². The van der Waals surface area contributed by atoms with Crippen LogP contribution in [-0.4, -0.2) is 12.6 Å². The van der Waals surface area contributed by atoms with Crippen LogP contribution >= 0.6 is 15.9 Å². The highest BCUT2D eigenvalue weighted by atomic mass is 79.9. The van der Waals surface area contributed by atoms with Gasteiger partial charge in [-0.1, -0.05) is 32.9 Å². The maximum absolute atomic E-state index is 6.34. The second-order valence-electron chi connectivity index (χ2n) is 6.75. The molecule has 1 aliphatic rings. The molecule has 0 spiro atoms. The van der Waals surface area contributed by atoms with E-state index in [1.807, 2.05) is 0 Å². The smallest absolute Gasteiger partial charge is 0.138 e. The van der Waals surface area contributed by atoms with Crippen LogP contribution in [-0.2, 0) is 6.54 Å². The van der Waals surface area contributed by atoms with E-state index in [9.17, 15) is 0 Å². The molecule has 3 heteroatoms. The second kappa shape index (κ2) is 8.19. The molecule has 1 aliphatic carbocycles. The third-order valence-electron chi connectivity index (χ3n) is 4.16. The molecule has 0 aromatic heterocycles. The minimum Gasteiger partial charge on any atom is -0.489 e. The van der Waals surface area contributed by atoms with Gasteiger partial charge in [-0.3, -0.25) is 0 Å². The molecule has 0 heterocycles. The van der Waals surface area contributed by atoms with E-state index in [2.05, 4.69) is 60.2 Å². The third-order valence-corrected chi connectivity index (χ3v) is 4.79. The maximum atomic E-state index is 6.34. The molecule has 1 fully saturated rings. The summed E-state index contributed by atoms with van der Waals surface area (Å²) >= 11 is 3.65. The Hall–Kier alpha value is -0.540. The van der Waals surface area contributed by atoms with E-state index in [4.69, 9.17) is 4.74 Å². The van der Waals surface area contributed by atoms with E-state index in [1.165, 1.54) is 31.2 Å². The molecule has 1 aromatic carbocycles. The fourth-order valence-electron chi connectivity index (χ4n) is 2.83. The highest BCUT2D eigenvalue weighted by Crippen LogP contribution is 2.33. The number of hydrogen-bond acceptors (Lipinski definition) is 2. The van der Waals surface area contributed by atoms with Crippen molar-refractivity contribution in [2.24, 2.45) is 11.8 Å². The third kappa shape index (κ3) is 5.30. The minimum atomic E-state index is 0.378. The van der Waals surface area contributed by atoms with Crippen LogP contribution in [0.15, 0.2) is 22.7 Å². The first-order valence-electron chi connectivity index (χ1n) is 8.21. The number of hydrogen-bond donors (Lipinski definition) is 1. The van der Waals surface area contributed by atoms with Gasteiger partial charge in [-0.05, 0) is 66.1 Å². The van der Waals surface area contributed by atoms with E-state index >= 15 is 0 Å². The van der Waals surface area contributed by atoms with Crippen LogP contribution in [0.3, 0.4) is 0 Å². The lowest BCUT2D eigenvalue weighted by molar-refractivity contribution is 0.133. The van der Waals surface area contributed by atoms with E-state index < -0.39 is 0 Å². The van der Waals surface area contributed by atoms with Crippen molar-refractivity contribution in [2.45, 2.75) is 59.1 Å². The predicted molar refractivity (Wildman–Crippen MR) is 92.7 cm³/mol. The summed E-state index contributed by atoms with van der Waals surface area (Å²) in [5.74, 6) is 2.56. The zero-order valence-corrected chi connectivity index (χ0v) is 15.1. The van der Waals surface area contributed by atoms with Crippen molar-refractivity contribution in [1.29, 1.82) is 0 Å². The van der Waals surface area contributed by atoms with Crippen LogP contribution in [0, 0.1) is 11.8 Å². The lowest BCUT2D eigenvalue weighted by Gasteiger charge is -2.28. The maximum Gasteiger partial charge on any atom is 0.138 e. The molecular weight excluding hydrogens is 326 g/mol. The molecule has 0 atom stereocenters. The van der Waals surface area contributed by atoms with Gasteiger partial charge in [0.25, 0.3) is 0 Å². The fraction of sp³-hybridized carbons (Fsp3) is 0.667. The largest absolute Gasteiger partial charge is 0.489 e. The summed E-state index contributed by atoms with van der Waals surface area (Å²) in [6, 6.07) is 6.33. The van der Waals surface area contributed by atoms with Crippen LogP contribution in [0.4, 0.5) is 0 Å². The van der Waals surface area contributed by atoms with Gasteiger partial charge in [-0.15, -0.1) is 0 Å². The van der Waals surface area contributed by atoms with Gasteiger partial charge in [0.15, 0.2) is 0 Å². The van der Waals surface area contributed by atoms with Crippen LogP contribution in [0.2, 0.25) is 0 Å². The SMILES string of the molecule is CC(C)CNCc1cccc(Br)c1OC1CCC(C)CC1. The molecule has 0 unspecified atom stereocenters. The van der Waals surface area contributed by atoms with Gasteiger partial charge in [0, 0.05) is 12.1 Å². The normalized spacial score (nSPS) is 22.5. The Balaban J connectivity index is 1.99. The Morgan fingerprint density at radius 3 is 2.62 bits per heavy atom. The molecule has 0 bridgehead atoms. The van der Waals surface area contributed by atoms with Crippen LogP contribution < -0.4 is 10.1 Å². The Bertz CT molecular complexity index is 439. The Kier molecular flexibility index (Phi) is 6.56. The topological polar surface area (TPSA) is 21.3 Å². The van der Waals surface area contributed by atoms with E-state index in [0.29, 0.717) is 12.0 Å². The average molecular weight is 354 g/mol. The Labute approximate surface area is 137 Å². The lowest BCUT2D eigenvalue weighted by Crippen LogP contribution is -2.25. The Morgan fingerprint density at radius 2 is 1.95 bits per heavy atom. The van der Waals surface area contributed by atoms with Crippen molar-refractivity contribution in [3.63, 3.8) is 0 Å². The fourth-order valence-corrected chi connectivity index (χ4v) is 3.33. The first-order valence-corrected chi connectivity index (χ1v) is 9.00. The highest BCUT2D eigenvalue weighted by molar-refractivity contribution is 9.10. The van der Waals surface area contributed by atoms with Crippen molar-refractivity contribution in [3.8, 4) is 5.75 Å². The molecule has 0 saturated heterocycles. The molecule has 2 rings (SSSR count). The quantitative estimate of drug-likeness (QED) is 0.763. The summed E-state index contributed by atoms with van der Waals surface area (Å²) in [7, 11) is 0. The molecule has 2 nitrogen and oxygen atoms in total. The molecule has 21 heavy (non-hydrogen) atoms. The summed E-state index contributed by atoms with van der Waals surface area (Å²) in [6.07, 6.45) is 5.32. The molecule has 118 valence electrons. The number of rotatable bonds is 6. The second-order valence-corrected chi connectivity index (χ2v) is 7.61. The number of benzene rings is 1. The molecule has 0 aliphatic heterocycles. The van der Waals surface area contributed by atoms with Gasteiger partial charge in [0.2, 0.25) is 0 Å². The van der Waals surface area contributed by atoms with Crippen molar-refractivity contribution >= 4 is 15.9 Å². The molecule has 1 saturated carbocycles. The van der Waals surface area contributed by atoms with Crippen molar-refractivity contribution in [3.05, 3.63) is 28.2 Å². The molecule has 0 radical (unpaired) electrons. The van der Waals surface area contributed by atoms with Gasteiger partial charge in [0.1, 0.15) is 5.75 Å². The summed E-state index contributed by atoms with van der Waals surface area (Å²) in [6.45, 7) is 8.71. The minimum absolute atomic E-state index is 0.378. The summed E-state index contributed by atoms with van der Waals surface area (Å²) in [4.78, 5) is 0. The molecular formula is C18H28BrNO. The van der Waals surface area contributed by atoms with Crippen LogP contribution in [0.25, 0.3) is 0 Å². The Morgan fingerprint density at radius 1 is 1.24 bits per heavy atom. The number of ether oxygens (including phenoxy) is 1. The summed E-state index contributed by atoms with van der Waals surface area (Å²) in [5, 5.41) is 3.51. The zero-order chi connectivity index (χ0) is 15.2. The standard InChI is InChI=1S/C18H28BrNO/c1-13(2)11-20-12-15-5-4-6-17(19)18(15)21-16-9-7-14(3)8-10-16/h4-6,13-14,16,20H,7-12H2,1-3H3. The van der Waals surface area contributed by atoms with Crippen molar-refractivity contribution < 1.29 is 4.74 Å². The van der Waals surface area contributed by atoms with Crippen LogP contribution in [0.1, 0.15) is 52.0 Å². The number of nitrogens with one attached hydrogen (secondary N) is 1. The molecule has 1 N–H and O–H groups in total. The van der Waals surface area contributed by atoms with Crippen molar-refractivity contribution in [2.75, 3.05) is 6.54 Å². The number of halogens is 1.